The van der Waals surface area contributed by atoms with Crippen LogP contribution in [-0.2, 0) is 6.54 Å². The minimum Gasteiger partial charge on any atom is -0.399 e. The molecule has 1 saturated heterocycles. The third-order valence-corrected chi connectivity index (χ3v) is 4.52. The van der Waals surface area contributed by atoms with Gasteiger partial charge in [0.2, 0.25) is 0 Å². The molecule has 0 spiro atoms. The fraction of sp³-hybridized carbons (Fsp3) is 0.368. The summed E-state index contributed by atoms with van der Waals surface area (Å²) in [4.78, 5) is 19.0. The lowest BCUT2D eigenvalue weighted by Crippen LogP contribution is -2.33. The van der Waals surface area contributed by atoms with Crippen molar-refractivity contribution in [2.24, 2.45) is 5.92 Å². The number of hydrogen-bond acceptors (Lipinski definition) is 4. The van der Waals surface area contributed by atoms with Crippen molar-refractivity contribution < 1.29 is 4.79 Å². The molecule has 1 aliphatic heterocycles. The van der Waals surface area contributed by atoms with Crippen molar-refractivity contribution in [3.8, 4) is 0 Å². The quantitative estimate of drug-likeness (QED) is 0.848. The molecule has 0 radical (unpaired) electrons. The molecule has 0 unspecified atom stereocenters. The van der Waals surface area contributed by atoms with E-state index < -0.39 is 0 Å². The van der Waals surface area contributed by atoms with Crippen LogP contribution in [0.1, 0.15) is 35.7 Å². The number of nitrogens with zero attached hydrogens (tertiary/aromatic N) is 2. The summed E-state index contributed by atoms with van der Waals surface area (Å²) < 4.78 is 0. The van der Waals surface area contributed by atoms with Crippen LogP contribution in [0.5, 0.6) is 0 Å². The summed E-state index contributed by atoms with van der Waals surface area (Å²) in [6.45, 7) is 4.90. The zero-order chi connectivity index (χ0) is 16.9. The number of amides is 1. The number of benzene rings is 1. The maximum Gasteiger partial charge on any atom is 0.251 e. The van der Waals surface area contributed by atoms with Gasteiger partial charge in [0.25, 0.3) is 5.91 Å². The van der Waals surface area contributed by atoms with Crippen LogP contribution in [0.3, 0.4) is 0 Å². The number of nitrogens with two attached hydrogens (primary N) is 1. The highest BCUT2D eigenvalue weighted by Crippen LogP contribution is 2.21. The molecule has 0 bridgehead atoms. The molecule has 2 aromatic rings. The Morgan fingerprint density at radius 1 is 1.29 bits per heavy atom. The minimum absolute atomic E-state index is 0.128. The van der Waals surface area contributed by atoms with E-state index in [1.165, 1.54) is 12.8 Å². The molecule has 2 heterocycles. The van der Waals surface area contributed by atoms with E-state index in [9.17, 15) is 4.79 Å². The summed E-state index contributed by atoms with van der Waals surface area (Å²) >= 11 is 0. The zero-order valence-corrected chi connectivity index (χ0v) is 14.0. The first-order chi connectivity index (χ1) is 11.6. The molecule has 1 aromatic heterocycles. The first-order valence-electron chi connectivity index (χ1n) is 8.45. The van der Waals surface area contributed by atoms with Crippen molar-refractivity contribution in [2.45, 2.75) is 26.3 Å². The Kier molecular flexibility index (Phi) is 4.99. The summed E-state index contributed by atoms with van der Waals surface area (Å²) in [6.07, 6.45) is 4.28. The van der Waals surface area contributed by atoms with Gasteiger partial charge in [-0.2, -0.15) is 0 Å². The summed E-state index contributed by atoms with van der Waals surface area (Å²) in [7, 11) is 0. The number of carbonyl (C=O) groups is 1. The standard InChI is InChI=1S/C19H24N4O/c1-14-7-9-23(10-8-14)18-6-5-15(12-21-18)13-22-19(24)16-3-2-4-17(20)11-16/h2-6,11-12,14H,7-10,13,20H2,1H3,(H,22,24). The van der Waals surface area contributed by atoms with E-state index in [1.807, 2.05) is 18.3 Å². The molecule has 0 aliphatic carbocycles. The van der Waals surface area contributed by atoms with E-state index in [0.717, 1.165) is 30.4 Å². The highest BCUT2D eigenvalue weighted by Gasteiger charge is 2.16. The summed E-state index contributed by atoms with van der Waals surface area (Å²) in [5.74, 6) is 1.70. The minimum atomic E-state index is -0.128. The van der Waals surface area contributed by atoms with Crippen molar-refractivity contribution in [3.63, 3.8) is 0 Å². The van der Waals surface area contributed by atoms with Crippen LogP contribution in [0, 0.1) is 5.92 Å². The number of rotatable bonds is 4. The smallest absolute Gasteiger partial charge is 0.251 e. The van der Waals surface area contributed by atoms with Gasteiger partial charge in [-0.25, -0.2) is 4.98 Å². The molecular weight excluding hydrogens is 300 g/mol. The Morgan fingerprint density at radius 3 is 2.75 bits per heavy atom. The number of anilines is 2. The molecule has 1 amide bonds. The van der Waals surface area contributed by atoms with Gasteiger partial charge in [0.1, 0.15) is 5.82 Å². The number of piperidine rings is 1. The van der Waals surface area contributed by atoms with Gasteiger partial charge in [-0.15, -0.1) is 0 Å². The predicted octanol–water partition coefficient (Wildman–Crippen LogP) is 2.83. The number of carbonyl (C=O) groups excluding carboxylic acids is 1. The van der Waals surface area contributed by atoms with Crippen LogP contribution in [-0.4, -0.2) is 24.0 Å². The second kappa shape index (κ2) is 7.34. The van der Waals surface area contributed by atoms with Gasteiger partial charge >= 0.3 is 0 Å². The SMILES string of the molecule is CC1CCN(c2ccc(CNC(=O)c3cccc(N)c3)cn2)CC1. The molecular formula is C19H24N4O. The van der Waals surface area contributed by atoms with Gasteiger partial charge in [-0.1, -0.05) is 19.1 Å². The fourth-order valence-electron chi connectivity index (χ4n) is 2.91. The Hall–Kier alpha value is -2.56. The Balaban J connectivity index is 1.55. The van der Waals surface area contributed by atoms with E-state index in [0.29, 0.717) is 17.8 Å². The number of hydrogen-bond donors (Lipinski definition) is 2. The maximum atomic E-state index is 12.1. The van der Waals surface area contributed by atoms with Crippen LogP contribution in [0.15, 0.2) is 42.6 Å². The van der Waals surface area contributed by atoms with Gasteiger partial charge in [0, 0.05) is 37.1 Å². The molecule has 5 heteroatoms. The lowest BCUT2D eigenvalue weighted by molar-refractivity contribution is 0.0951. The van der Waals surface area contributed by atoms with E-state index in [2.05, 4.69) is 22.1 Å². The summed E-state index contributed by atoms with van der Waals surface area (Å²) in [6, 6.07) is 11.0. The van der Waals surface area contributed by atoms with Crippen molar-refractivity contribution in [3.05, 3.63) is 53.7 Å². The fourth-order valence-corrected chi connectivity index (χ4v) is 2.91. The lowest BCUT2D eigenvalue weighted by atomic mass is 9.99. The summed E-state index contributed by atoms with van der Waals surface area (Å²) in [5.41, 5.74) is 7.85. The predicted molar refractivity (Wildman–Crippen MR) is 96.9 cm³/mol. The van der Waals surface area contributed by atoms with Crippen LogP contribution in [0.4, 0.5) is 11.5 Å². The molecule has 24 heavy (non-hydrogen) atoms. The Morgan fingerprint density at radius 2 is 2.08 bits per heavy atom. The van der Waals surface area contributed by atoms with Crippen molar-refractivity contribution >= 4 is 17.4 Å². The molecule has 5 nitrogen and oxygen atoms in total. The lowest BCUT2D eigenvalue weighted by Gasteiger charge is -2.31. The normalized spacial score (nSPS) is 15.3. The molecule has 3 N–H and O–H groups in total. The third kappa shape index (κ3) is 4.04. The summed E-state index contributed by atoms with van der Waals surface area (Å²) in [5, 5.41) is 2.90. The second-order valence-corrected chi connectivity index (χ2v) is 6.50. The van der Waals surface area contributed by atoms with Gasteiger partial charge in [0.05, 0.1) is 0 Å². The molecule has 3 rings (SSSR count). The first kappa shape index (κ1) is 16.3. The first-order valence-corrected chi connectivity index (χ1v) is 8.45. The molecule has 1 fully saturated rings. The average Bonchev–Trinajstić information content (AvgIpc) is 2.61. The number of nitrogen functional groups attached to an aromatic ring is 1. The molecule has 1 aromatic carbocycles. The van der Waals surface area contributed by atoms with Crippen LogP contribution >= 0.6 is 0 Å². The van der Waals surface area contributed by atoms with E-state index in [4.69, 9.17) is 5.73 Å². The highest BCUT2D eigenvalue weighted by atomic mass is 16.1. The van der Waals surface area contributed by atoms with E-state index >= 15 is 0 Å². The molecule has 126 valence electrons. The zero-order valence-electron chi connectivity index (χ0n) is 14.0. The van der Waals surface area contributed by atoms with Gasteiger partial charge in [-0.3, -0.25) is 4.79 Å². The largest absolute Gasteiger partial charge is 0.399 e. The maximum absolute atomic E-state index is 12.1. The third-order valence-electron chi connectivity index (χ3n) is 4.52. The molecule has 1 aliphatic rings. The van der Waals surface area contributed by atoms with E-state index in [-0.39, 0.29) is 5.91 Å². The number of nitrogens with one attached hydrogen (secondary N) is 1. The van der Waals surface area contributed by atoms with Crippen LogP contribution in [0.25, 0.3) is 0 Å². The van der Waals surface area contributed by atoms with Crippen molar-refractivity contribution in [2.75, 3.05) is 23.7 Å². The number of aromatic nitrogens is 1. The van der Waals surface area contributed by atoms with Crippen molar-refractivity contribution in [1.82, 2.24) is 10.3 Å². The molecule has 0 saturated carbocycles. The van der Waals surface area contributed by atoms with Gasteiger partial charge in [-0.05, 0) is 48.6 Å². The Bertz CT molecular complexity index is 691. The van der Waals surface area contributed by atoms with Crippen molar-refractivity contribution in [1.29, 1.82) is 0 Å². The topological polar surface area (TPSA) is 71.2 Å². The van der Waals surface area contributed by atoms with Crippen LogP contribution in [0.2, 0.25) is 0 Å². The number of pyridine rings is 1. The van der Waals surface area contributed by atoms with Gasteiger partial charge < -0.3 is 16.0 Å². The highest BCUT2D eigenvalue weighted by molar-refractivity contribution is 5.94. The van der Waals surface area contributed by atoms with Crippen LogP contribution < -0.4 is 16.0 Å². The average molecular weight is 324 g/mol. The monoisotopic (exact) mass is 324 g/mol. The second-order valence-electron chi connectivity index (χ2n) is 6.50. The molecule has 0 atom stereocenters. The Labute approximate surface area is 142 Å². The van der Waals surface area contributed by atoms with E-state index in [1.54, 1.807) is 24.3 Å². The van der Waals surface area contributed by atoms with Gasteiger partial charge in [0.15, 0.2) is 0 Å².